The summed E-state index contributed by atoms with van der Waals surface area (Å²) in [4.78, 5) is 0. The molecule has 0 amide bonds. The van der Waals surface area contributed by atoms with Gasteiger partial charge in [0.1, 0.15) is 11.9 Å². The number of hydrogen-bond donors (Lipinski definition) is 2. The molecular formula is C12H11BrClNO2. The average molecular weight is 317 g/mol. The van der Waals surface area contributed by atoms with Gasteiger partial charge in [-0.15, -0.1) is 0 Å². The van der Waals surface area contributed by atoms with E-state index in [1.165, 1.54) is 6.26 Å². The van der Waals surface area contributed by atoms with Gasteiger partial charge in [0.15, 0.2) is 0 Å². The number of benzene rings is 1. The van der Waals surface area contributed by atoms with Crippen molar-refractivity contribution in [3.05, 3.63) is 51.9 Å². The second-order valence-corrected chi connectivity index (χ2v) is 4.71. The largest absolute Gasteiger partial charge is 0.467 e. The van der Waals surface area contributed by atoms with Crippen LogP contribution >= 0.6 is 27.5 Å². The highest BCUT2D eigenvalue weighted by atomic mass is 79.9. The molecule has 1 heterocycles. The Hall–Kier alpha value is -0.970. The van der Waals surface area contributed by atoms with E-state index >= 15 is 0 Å². The highest BCUT2D eigenvalue weighted by Gasteiger charge is 2.11. The molecule has 3 nitrogen and oxygen atoms in total. The lowest BCUT2D eigenvalue weighted by Gasteiger charge is -2.12. The Bertz CT molecular complexity index is 487. The van der Waals surface area contributed by atoms with Crippen molar-refractivity contribution in [1.82, 2.24) is 0 Å². The van der Waals surface area contributed by atoms with Crippen LogP contribution in [0.25, 0.3) is 0 Å². The summed E-state index contributed by atoms with van der Waals surface area (Å²) in [5.41, 5.74) is 0.836. The molecular weight excluding hydrogens is 305 g/mol. The van der Waals surface area contributed by atoms with Crippen molar-refractivity contribution in [2.24, 2.45) is 0 Å². The summed E-state index contributed by atoms with van der Waals surface area (Å²) in [5.74, 6) is 0.538. The molecule has 5 heteroatoms. The van der Waals surface area contributed by atoms with Gasteiger partial charge in [-0.1, -0.05) is 17.7 Å². The summed E-state index contributed by atoms with van der Waals surface area (Å²) in [6, 6.07) is 8.99. The molecule has 1 unspecified atom stereocenters. The van der Waals surface area contributed by atoms with E-state index < -0.39 is 6.10 Å². The van der Waals surface area contributed by atoms with Gasteiger partial charge in [0.2, 0.25) is 0 Å². The van der Waals surface area contributed by atoms with E-state index in [4.69, 9.17) is 16.0 Å². The molecule has 0 aliphatic carbocycles. The first-order valence-corrected chi connectivity index (χ1v) is 6.25. The molecule has 0 saturated carbocycles. The van der Waals surface area contributed by atoms with Gasteiger partial charge in [-0.2, -0.15) is 0 Å². The molecule has 1 atom stereocenters. The average Bonchev–Trinajstić information content (AvgIpc) is 2.84. The van der Waals surface area contributed by atoms with E-state index in [0.717, 1.165) is 10.2 Å². The van der Waals surface area contributed by atoms with E-state index in [2.05, 4.69) is 21.2 Å². The van der Waals surface area contributed by atoms with Crippen molar-refractivity contribution in [2.75, 3.05) is 11.9 Å². The van der Waals surface area contributed by atoms with Gasteiger partial charge in [0.25, 0.3) is 0 Å². The van der Waals surface area contributed by atoms with E-state index in [0.29, 0.717) is 17.3 Å². The number of hydrogen-bond acceptors (Lipinski definition) is 3. The lowest BCUT2D eigenvalue weighted by Crippen LogP contribution is -2.11. The minimum absolute atomic E-state index is 0.354. The van der Waals surface area contributed by atoms with Gasteiger partial charge in [-0.05, 0) is 40.2 Å². The van der Waals surface area contributed by atoms with Gasteiger partial charge in [0, 0.05) is 6.54 Å². The smallest absolute Gasteiger partial charge is 0.134 e. The summed E-state index contributed by atoms with van der Waals surface area (Å²) in [5, 5.41) is 13.6. The summed E-state index contributed by atoms with van der Waals surface area (Å²) in [6.45, 7) is 0.354. The van der Waals surface area contributed by atoms with Crippen LogP contribution in [0.15, 0.2) is 45.5 Å². The van der Waals surface area contributed by atoms with Crippen LogP contribution in [0.2, 0.25) is 5.02 Å². The molecule has 1 aromatic carbocycles. The number of anilines is 1. The molecule has 0 aliphatic rings. The zero-order chi connectivity index (χ0) is 12.3. The third kappa shape index (κ3) is 3.03. The molecule has 0 radical (unpaired) electrons. The summed E-state index contributed by atoms with van der Waals surface area (Å²) >= 11 is 9.34. The molecule has 90 valence electrons. The number of aliphatic hydroxyl groups is 1. The van der Waals surface area contributed by atoms with Crippen LogP contribution in [0.1, 0.15) is 11.9 Å². The molecule has 2 rings (SSSR count). The third-order valence-electron chi connectivity index (χ3n) is 2.31. The van der Waals surface area contributed by atoms with E-state index in [-0.39, 0.29) is 0 Å². The Kier molecular flexibility index (Phi) is 4.10. The minimum Gasteiger partial charge on any atom is -0.467 e. The Labute approximate surface area is 113 Å². The minimum atomic E-state index is -0.684. The predicted octanol–water partition coefficient (Wildman–Crippen LogP) is 3.84. The third-order valence-corrected chi connectivity index (χ3v) is 3.71. The Morgan fingerprint density at radius 1 is 1.35 bits per heavy atom. The fourth-order valence-electron chi connectivity index (χ4n) is 1.43. The fraction of sp³-hybridized carbons (Fsp3) is 0.167. The number of nitrogens with one attached hydrogen (secondary N) is 1. The van der Waals surface area contributed by atoms with Crippen LogP contribution in [0.5, 0.6) is 0 Å². The first-order chi connectivity index (χ1) is 8.18. The van der Waals surface area contributed by atoms with Gasteiger partial charge >= 0.3 is 0 Å². The van der Waals surface area contributed by atoms with Crippen molar-refractivity contribution in [1.29, 1.82) is 0 Å². The zero-order valence-corrected chi connectivity index (χ0v) is 11.2. The SMILES string of the molecule is OC(CNc1cccc(Cl)c1Br)c1ccco1. The monoisotopic (exact) mass is 315 g/mol. The molecule has 0 spiro atoms. The van der Waals surface area contributed by atoms with E-state index in [9.17, 15) is 5.11 Å². The first kappa shape index (κ1) is 12.5. The van der Waals surface area contributed by atoms with Crippen molar-refractivity contribution in [2.45, 2.75) is 6.10 Å². The number of rotatable bonds is 4. The summed E-state index contributed by atoms with van der Waals surface area (Å²) in [7, 11) is 0. The van der Waals surface area contributed by atoms with Crippen LogP contribution in [-0.2, 0) is 0 Å². The maximum Gasteiger partial charge on any atom is 0.134 e. The first-order valence-electron chi connectivity index (χ1n) is 5.08. The van der Waals surface area contributed by atoms with Crippen molar-refractivity contribution < 1.29 is 9.52 Å². The lowest BCUT2D eigenvalue weighted by atomic mass is 10.2. The lowest BCUT2D eigenvalue weighted by molar-refractivity contribution is 0.162. The zero-order valence-electron chi connectivity index (χ0n) is 8.86. The second kappa shape index (κ2) is 5.58. The number of furan rings is 1. The van der Waals surface area contributed by atoms with Crippen LogP contribution in [0.4, 0.5) is 5.69 Å². The van der Waals surface area contributed by atoms with Crippen molar-refractivity contribution >= 4 is 33.2 Å². The van der Waals surface area contributed by atoms with E-state index in [1.807, 2.05) is 12.1 Å². The topological polar surface area (TPSA) is 45.4 Å². The maximum absolute atomic E-state index is 9.83. The quantitative estimate of drug-likeness (QED) is 0.901. The van der Waals surface area contributed by atoms with Crippen LogP contribution in [-0.4, -0.2) is 11.7 Å². The van der Waals surface area contributed by atoms with Crippen LogP contribution in [0, 0.1) is 0 Å². The van der Waals surface area contributed by atoms with Gasteiger partial charge < -0.3 is 14.8 Å². The molecule has 0 bridgehead atoms. The Balaban J connectivity index is 2.00. The molecule has 1 aromatic heterocycles. The normalized spacial score (nSPS) is 12.4. The Morgan fingerprint density at radius 2 is 2.18 bits per heavy atom. The maximum atomic E-state index is 9.83. The molecule has 0 fully saturated rings. The highest BCUT2D eigenvalue weighted by Crippen LogP contribution is 2.30. The van der Waals surface area contributed by atoms with Crippen molar-refractivity contribution in [3.8, 4) is 0 Å². The number of halogens is 2. The molecule has 0 aliphatic heterocycles. The summed E-state index contributed by atoms with van der Waals surface area (Å²) < 4.78 is 5.90. The van der Waals surface area contributed by atoms with Crippen LogP contribution < -0.4 is 5.32 Å². The van der Waals surface area contributed by atoms with E-state index in [1.54, 1.807) is 18.2 Å². The summed E-state index contributed by atoms with van der Waals surface area (Å²) in [6.07, 6.45) is 0.851. The molecule has 2 aromatic rings. The van der Waals surface area contributed by atoms with Gasteiger partial charge in [-0.3, -0.25) is 0 Å². The fourth-order valence-corrected chi connectivity index (χ4v) is 2.01. The predicted molar refractivity (Wildman–Crippen MR) is 71.3 cm³/mol. The highest BCUT2D eigenvalue weighted by molar-refractivity contribution is 9.10. The van der Waals surface area contributed by atoms with Crippen LogP contribution in [0.3, 0.4) is 0 Å². The molecule has 2 N–H and O–H groups in total. The standard InChI is InChI=1S/C12H11BrClNO2/c13-12-8(14)3-1-4-9(12)15-7-10(16)11-5-2-6-17-11/h1-6,10,15-16H,7H2. The van der Waals surface area contributed by atoms with Gasteiger partial charge in [-0.25, -0.2) is 0 Å². The van der Waals surface area contributed by atoms with Gasteiger partial charge in [0.05, 0.1) is 21.4 Å². The second-order valence-electron chi connectivity index (χ2n) is 3.51. The van der Waals surface area contributed by atoms with Crippen molar-refractivity contribution in [3.63, 3.8) is 0 Å². The molecule has 17 heavy (non-hydrogen) atoms. The Morgan fingerprint density at radius 3 is 2.88 bits per heavy atom. The molecule has 0 saturated heterocycles. The number of aliphatic hydroxyl groups excluding tert-OH is 1.